The Morgan fingerprint density at radius 1 is 1.53 bits per heavy atom. The van der Waals surface area contributed by atoms with E-state index in [0.29, 0.717) is 5.57 Å². The zero-order valence-electron chi connectivity index (χ0n) is 9.12. The fourth-order valence-electron chi connectivity index (χ4n) is 1.06. The second kappa shape index (κ2) is 6.81. The maximum atomic E-state index is 11.4. The lowest BCUT2D eigenvalue weighted by Crippen LogP contribution is -2.40. The van der Waals surface area contributed by atoms with E-state index in [1.807, 2.05) is 6.92 Å². The molecule has 4 heteroatoms. The number of allylic oxidation sites excluding steroid dienone is 1. The molecule has 4 nitrogen and oxygen atoms in total. The predicted octanol–water partition coefficient (Wildman–Crippen LogP) is 1.49. The minimum absolute atomic E-state index is 0.223. The Morgan fingerprint density at radius 3 is 2.53 bits per heavy atom. The van der Waals surface area contributed by atoms with Gasteiger partial charge in [0.2, 0.25) is 5.91 Å². The number of hydrogen-bond acceptors (Lipinski definition) is 2. The Balaban J connectivity index is 4.41. The molecule has 1 unspecified atom stereocenters. The number of carboxylic acid groups (broad SMARTS) is 1. The van der Waals surface area contributed by atoms with E-state index < -0.39 is 12.0 Å². The van der Waals surface area contributed by atoms with Crippen molar-refractivity contribution in [3.8, 4) is 0 Å². The topological polar surface area (TPSA) is 66.4 Å². The van der Waals surface area contributed by atoms with Crippen LogP contribution in [0.15, 0.2) is 24.3 Å². The van der Waals surface area contributed by atoms with E-state index in [-0.39, 0.29) is 12.3 Å². The molecule has 2 N–H and O–H groups in total. The molecule has 0 aromatic heterocycles. The molecule has 1 amide bonds. The van der Waals surface area contributed by atoms with Crippen molar-refractivity contribution in [2.45, 2.75) is 32.7 Å². The minimum atomic E-state index is -1.05. The molecule has 0 aromatic carbocycles. The van der Waals surface area contributed by atoms with Crippen molar-refractivity contribution in [3.63, 3.8) is 0 Å². The van der Waals surface area contributed by atoms with Gasteiger partial charge >= 0.3 is 5.97 Å². The second-order valence-corrected chi connectivity index (χ2v) is 3.18. The minimum Gasteiger partial charge on any atom is -0.480 e. The SMILES string of the molecule is C=CCC(NC(=O)/C(C)=C\CC)C(=O)O. The molecular weight excluding hydrogens is 194 g/mol. The van der Waals surface area contributed by atoms with Gasteiger partial charge in [0.15, 0.2) is 0 Å². The number of carbonyl (C=O) groups is 2. The predicted molar refractivity (Wildman–Crippen MR) is 58.4 cm³/mol. The first-order chi connectivity index (χ1) is 7.02. The Bertz CT molecular complexity index is 282. The Hall–Kier alpha value is -1.58. The first kappa shape index (κ1) is 13.4. The summed E-state index contributed by atoms with van der Waals surface area (Å²) < 4.78 is 0. The Labute approximate surface area is 89.7 Å². The number of nitrogens with one attached hydrogen (secondary N) is 1. The third-order valence-electron chi connectivity index (χ3n) is 1.87. The standard InChI is InChI=1S/C11H17NO3/c1-4-6-8(3)10(13)12-9(7-5-2)11(14)15/h5-6,9H,2,4,7H2,1,3H3,(H,12,13)(H,14,15)/b8-6-. The summed E-state index contributed by atoms with van der Waals surface area (Å²) in [6.45, 7) is 7.01. The van der Waals surface area contributed by atoms with Crippen LogP contribution in [0.2, 0.25) is 0 Å². The number of rotatable bonds is 6. The monoisotopic (exact) mass is 211 g/mol. The first-order valence-corrected chi connectivity index (χ1v) is 4.84. The lowest BCUT2D eigenvalue weighted by molar-refractivity contribution is -0.141. The summed E-state index contributed by atoms with van der Waals surface area (Å²) in [5.41, 5.74) is 0.535. The molecule has 15 heavy (non-hydrogen) atoms. The van der Waals surface area contributed by atoms with E-state index in [1.165, 1.54) is 6.08 Å². The molecule has 1 atom stereocenters. The molecule has 0 bridgehead atoms. The van der Waals surface area contributed by atoms with Crippen LogP contribution in [0.5, 0.6) is 0 Å². The lowest BCUT2D eigenvalue weighted by atomic mass is 10.1. The lowest BCUT2D eigenvalue weighted by Gasteiger charge is -2.12. The molecule has 0 saturated heterocycles. The summed E-state index contributed by atoms with van der Waals surface area (Å²) in [6.07, 6.45) is 4.19. The molecule has 0 spiro atoms. The van der Waals surface area contributed by atoms with Gasteiger partial charge in [-0.05, 0) is 19.8 Å². The number of hydrogen-bond donors (Lipinski definition) is 2. The third kappa shape index (κ3) is 5.00. The van der Waals surface area contributed by atoms with Gasteiger partial charge in [0, 0.05) is 5.57 Å². The van der Waals surface area contributed by atoms with E-state index in [4.69, 9.17) is 5.11 Å². The molecular formula is C11H17NO3. The number of carboxylic acids is 1. The molecule has 0 rings (SSSR count). The maximum absolute atomic E-state index is 11.4. The summed E-state index contributed by atoms with van der Waals surface area (Å²) in [5.74, 6) is -1.39. The van der Waals surface area contributed by atoms with Crippen LogP contribution in [-0.2, 0) is 9.59 Å². The van der Waals surface area contributed by atoms with Crippen LogP contribution < -0.4 is 5.32 Å². The van der Waals surface area contributed by atoms with Gasteiger partial charge in [-0.3, -0.25) is 4.79 Å². The van der Waals surface area contributed by atoms with Crippen molar-refractivity contribution in [1.82, 2.24) is 5.32 Å². The molecule has 0 aliphatic heterocycles. The largest absolute Gasteiger partial charge is 0.480 e. The van der Waals surface area contributed by atoms with Gasteiger partial charge in [0.05, 0.1) is 0 Å². The van der Waals surface area contributed by atoms with E-state index in [2.05, 4.69) is 11.9 Å². The van der Waals surface area contributed by atoms with Gasteiger partial charge in [-0.15, -0.1) is 6.58 Å². The maximum Gasteiger partial charge on any atom is 0.326 e. The average molecular weight is 211 g/mol. The molecule has 0 fully saturated rings. The van der Waals surface area contributed by atoms with Crippen LogP contribution in [0.1, 0.15) is 26.7 Å². The van der Waals surface area contributed by atoms with Crippen LogP contribution in [0.3, 0.4) is 0 Å². The molecule has 0 aromatic rings. The average Bonchev–Trinajstić information content (AvgIpc) is 2.17. The summed E-state index contributed by atoms with van der Waals surface area (Å²) in [6, 6.07) is -0.893. The summed E-state index contributed by atoms with van der Waals surface area (Å²) >= 11 is 0. The van der Waals surface area contributed by atoms with Crippen molar-refractivity contribution in [1.29, 1.82) is 0 Å². The zero-order chi connectivity index (χ0) is 11.8. The van der Waals surface area contributed by atoms with E-state index in [0.717, 1.165) is 6.42 Å². The van der Waals surface area contributed by atoms with Gasteiger partial charge in [-0.25, -0.2) is 4.79 Å². The van der Waals surface area contributed by atoms with Crippen molar-refractivity contribution in [2.75, 3.05) is 0 Å². The fraction of sp³-hybridized carbons (Fsp3) is 0.455. The highest BCUT2D eigenvalue weighted by Crippen LogP contribution is 1.99. The van der Waals surface area contributed by atoms with E-state index in [9.17, 15) is 9.59 Å². The van der Waals surface area contributed by atoms with Gasteiger partial charge in [-0.1, -0.05) is 19.1 Å². The molecule has 0 saturated carbocycles. The van der Waals surface area contributed by atoms with Crippen LogP contribution in [0, 0.1) is 0 Å². The first-order valence-electron chi connectivity index (χ1n) is 4.84. The fourth-order valence-corrected chi connectivity index (χ4v) is 1.06. The van der Waals surface area contributed by atoms with Crippen molar-refractivity contribution in [3.05, 3.63) is 24.3 Å². The van der Waals surface area contributed by atoms with E-state index >= 15 is 0 Å². The van der Waals surface area contributed by atoms with Gasteiger partial charge in [0.1, 0.15) is 6.04 Å². The Morgan fingerprint density at radius 2 is 2.13 bits per heavy atom. The second-order valence-electron chi connectivity index (χ2n) is 3.18. The quantitative estimate of drug-likeness (QED) is 0.516. The van der Waals surface area contributed by atoms with Gasteiger partial charge in [-0.2, -0.15) is 0 Å². The molecule has 84 valence electrons. The van der Waals surface area contributed by atoms with Crippen molar-refractivity contribution < 1.29 is 14.7 Å². The van der Waals surface area contributed by atoms with Crippen LogP contribution in [0.25, 0.3) is 0 Å². The zero-order valence-corrected chi connectivity index (χ0v) is 9.12. The normalized spacial score (nSPS) is 13.1. The molecule has 0 radical (unpaired) electrons. The Kier molecular flexibility index (Phi) is 6.09. The van der Waals surface area contributed by atoms with Gasteiger partial charge < -0.3 is 10.4 Å². The van der Waals surface area contributed by atoms with Crippen LogP contribution in [-0.4, -0.2) is 23.0 Å². The van der Waals surface area contributed by atoms with E-state index in [1.54, 1.807) is 13.0 Å². The molecule has 0 aliphatic rings. The number of carbonyl (C=O) groups excluding carboxylic acids is 1. The van der Waals surface area contributed by atoms with Crippen molar-refractivity contribution in [2.24, 2.45) is 0 Å². The highest BCUT2D eigenvalue weighted by atomic mass is 16.4. The highest BCUT2D eigenvalue weighted by molar-refractivity contribution is 5.95. The third-order valence-corrected chi connectivity index (χ3v) is 1.87. The van der Waals surface area contributed by atoms with Crippen LogP contribution >= 0.6 is 0 Å². The number of aliphatic carboxylic acids is 1. The molecule has 0 aliphatic carbocycles. The van der Waals surface area contributed by atoms with Crippen LogP contribution in [0.4, 0.5) is 0 Å². The van der Waals surface area contributed by atoms with Gasteiger partial charge in [0.25, 0.3) is 0 Å². The smallest absolute Gasteiger partial charge is 0.326 e. The summed E-state index contributed by atoms with van der Waals surface area (Å²) in [4.78, 5) is 22.2. The highest BCUT2D eigenvalue weighted by Gasteiger charge is 2.18. The molecule has 0 heterocycles. The number of amides is 1. The summed E-state index contributed by atoms with van der Waals surface area (Å²) in [7, 11) is 0. The summed E-state index contributed by atoms with van der Waals surface area (Å²) in [5, 5.41) is 11.2. The van der Waals surface area contributed by atoms with Crippen molar-refractivity contribution >= 4 is 11.9 Å².